The Morgan fingerprint density at radius 2 is 1.81 bits per heavy atom. The number of piperidine rings is 1. The van der Waals surface area contributed by atoms with Crippen LogP contribution in [0.5, 0.6) is 0 Å². The van der Waals surface area contributed by atoms with Crippen LogP contribution >= 0.6 is 12.4 Å². The second kappa shape index (κ2) is 10.6. The summed E-state index contributed by atoms with van der Waals surface area (Å²) in [4.78, 5) is 31.5. The number of aromatic nitrogens is 1. The van der Waals surface area contributed by atoms with Crippen LogP contribution in [0.2, 0.25) is 0 Å². The fourth-order valence-electron chi connectivity index (χ4n) is 3.58. The Bertz CT molecular complexity index is 1110. The third kappa shape index (κ3) is 5.53. The maximum absolute atomic E-state index is 12.9. The van der Waals surface area contributed by atoms with Crippen LogP contribution in [0.25, 0.3) is 6.08 Å². The third-order valence-corrected chi connectivity index (χ3v) is 5.24. The molecule has 0 radical (unpaired) electrons. The summed E-state index contributed by atoms with van der Waals surface area (Å²) < 4.78 is 0. The number of hydrogen-bond donors (Lipinski definition) is 2. The molecular formula is C25H25ClN4O2. The van der Waals surface area contributed by atoms with E-state index in [2.05, 4.69) is 10.3 Å². The topological polar surface area (TPSA) is 88.3 Å². The average molecular weight is 449 g/mol. The molecule has 3 N–H and O–H groups in total. The lowest BCUT2D eigenvalue weighted by molar-refractivity contribution is -0.129. The highest BCUT2D eigenvalue weighted by molar-refractivity contribution is 6.05. The first-order chi connectivity index (χ1) is 15.1. The average Bonchev–Trinajstić information content (AvgIpc) is 2.79. The number of carbonyl (C=O) groups excluding carboxylic acids is 2. The molecule has 0 saturated carbocycles. The summed E-state index contributed by atoms with van der Waals surface area (Å²) in [5.74, 6) is -0.183. The molecule has 3 aromatic rings. The molecule has 0 unspecified atom stereocenters. The number of hydrogen-bond acceptors (Lipinski definition) is 4. The second-order valence-electron chi connectivity index (χ2n) is 7.49. The van der Waals surface area contributed by atoms with Crippen molar-refractivity contribution in [1.82, 2.24) is 9.88 Å². The molecule has 2 aromatic carbocycles. The molecule has 1 aliphatic heterocycles. The van der Waals surface area contributed by atoms with E-state index in [0.717, 1.165) is 29.7 Å². The van der Waals surface area contributed by atoms with Gasteiger partial charge in [-0.2, -0.15) is 0 Å². The molecule has 0 atom stereocenters. The van der Waals surface area contributed by atoms with E-state index in [1.54, 1.807) is 30.5 Å². The Kier molecular flexibility index (Phi) is 7.63. The lowest BCUT2D eigenvalue weighted by Crippen LogP contribution is -2.36. The number of anilines is 2. The number of likely N-dealkylation sites (tertiary alicyclic amines) is 1. The van der Waals surface area contributed by atoms with Gasteiger partial charge in [-0.15, -0.1) is 12.4 Å². The van der Waals surface area contributed by atoms with E-state index in [9.17, 15) is 9.59 Å². The number of nitrogens with zero attached hydrogens (tertiary/aromatic N) is 2. The van der Waals surface area contributed by atoms with E-state index in [-0.39, 0.29) is 24.2 Å². The van der Waals surface area contributed by atoms with Crippen LogP contribution in [0.15, 0.2) is 78.5 Å². The van der Waals surface area contributed by atoms with Crippen LogP contribution in [0.3, 0.4) is 0 Å². The Morgan fingerprint density at radius 3 is 2.53 bits per heavy atom. The number of halogens is 1. The molecule has 1 saturated heterocycles. The number of carbonyl (C=O) groups is 2. The van der Waals surface area contributed by atoms with Crippen LogP contribution in [0.1, 0.15) is 34.5 Å². The minimum atomic E-state index is -0.223. The molecule has 1 aliphatic rings. The highest BCUT2D eigenvalue weighted by Gasteiger charge is 2.23. The minimum absolute atomic E-state index is 0. The maximum Gasteiger partial charge on any atom is 0.255 e. The first-order valence-corrected chi connectivity index (χ1v) is 10.3. The highest BCUT2D eigenvalue weighted by Crippen LogP contribution is 2.22. The number of benzene rings is 2. The van der Waals surface area contributed by atoms with Crippen molar-refractivity contribution in [3.63, 3.8) is 0 Å². The minimum Gasteiger partial charge on any atom is -0.397 e. The summed E-state index contributed by atoms with van der Waals surface area (Å²) in [6.45, 7) is 1.22. The molecule has 0 bridgehead atoms. The molecule has 6 nitrogen and oxygen atoms in total. The lowest BCUT2D eigenvalue weighted by Gasteiger charge is -2.28. The number of nitrogen functional groups attached to an aromatic ring is 1. The van der Waals surface area contributed by atoms with Gasteiger partial charge in [0.2, 0.25) is 5.91 Å². The largest absolute Gasteiger partial charge is 0.397 e. The standard InChI is InChI=1S/C25H24N4O2.ClH/c26-22-8-1-2-9-23(22)28-24(30)19-12-10-18(11-13-19)17-29-15-5-6-20(25(29)31)16-21-7-3-4-14-27-21;/h1-4,7-14,16H,5-6,15,17,26H2,(H,28,30);1H/b20-16+;. The highest BCUT2D eigenvalue weighted by atomic mass is 35.5. The van der Waals surface area contributed by atoms with Crippen molar-refractivity contribution in [3.8, 4) is 0 Å². The predicted octanol–water partition coefficient (Wildman–Crippen LogP) is 4.54. The zero-order valence-corrected chi connectivity index (χ0v) is 18.3. The number of nitrogens with two attached hydrogens (primary N) is 1. The molecule has 0 aliphatic carbocycles. The Morgan fingerprint density at radius 1 is 1.06 bits per heavy atom. The van der Waals surface area contributed by atoms with Gasteiger partial charge < -0.3 is 16.0 Å². The summed E-state index contributed by atoms with van der Waals surface area (Å²) in [5.41, 5.74) is 10.1. The molecule has 0 spiro atoms. The molecule has 32 heavy (non-hydrogen) atoms. The monoisotopic (exact) mass is 448 g/mol. The summed E-state index contributed by atoms with van der Waals surface area (Å²) in [6.07, 6.45) is 5.27. The molecule has 4 rings (SSSR count). The van der Waals surface area contributed by atoms with Crippen LogP contribution in [0, 0.1) is 0 Å². The second-order valence-corrected chi connectivity index (χ2v) is 7.49. The maximum atomic E-state index is 12.9. The summed E-state index contributed by atoms with van der Waals surface area (Å²) in [7, 11) is 0. The van der Waals surface area contributed by atoms with Gasteiger partial charge in [-0.1, -0.05) is 30.3 Å². The molecule has 7 heteroatoms. The first-order valence-electron chi connectivity index (χ1n) is 10.3. The van der Waals surface area contributed by atoms with Crippen LogP contribution < -0.4 is 11.1 Å². The SMILES string of the molecule is Cl.Nc1ccccc1NC(=O)c1ccc(CN2CCC/C(=C\c3ccccn3)C2=O)cc1. The van der Waals surface area contributed by atoms with Crippen molar-refractivity contribution in [2.24, 2.45) is 0 Å². The van der Waals surface area contributed by atoms with E-state index in [1.807, 2.05) is 53.4 Å². The van der Waals surface area contributed by atoms with Gasteiger partial charge in [0, 0.05) is 30.4 Å². The number of amides is 2. The number of pyridine rings is 1. The van der Waals surface area contributed by atoms with Crippen molar-refractivity contribution in [2.45, 2.75) is 19.4 Å². The molecule has 1 aromatic heterocycles. The first kappa shape index (κ1) is 23.0. The van der Waals surface area contributed by atoms with Crippen molar-refractivity contribution in [1.29, 1.82) is 0 Å². The normalized spacial score (nSPS) is 14.7. The van der Waals surface area contributed by atoms with Crippen LogP contribution in [-0.4, -0.2) is 28.2 Å². The Balaban J connectivity index is 0.00000289. The van der Waals surface area contributed by atoms with Crippen molar-refractivity contribution >= 4 is 41.7 Å². The van der Waals surface area contributed by atoms with Crippen molar-refractivity contribution in [2.75, 3.05) is 17.6 Å². The van der Waals surface area contributed by atoms with E-state index in [1.165, 1.54) is 0 Å². The Labute approximate surface area is 193 Å². The quantitative estimate of drug-likeness (QED) is 0.443. The zero-order valence-electron chi connectivity index (χ0n) is 17.5. The van der Waals surface area contributed by atoms with E-state index in [0.29, 0.717) is 30.0 Å². The van der Waals surface area contributed by atoms with Gasteiger partial charge >= 0.3 is 0 Å². The molecule has 1 fully saturated rings. The fourth-order valence-corrected chi connectivity index (χ4v) is 3.58. The van der Waals surface area contributed by atoms with Crippen molar-refractivity contribution in [3.05, 3.63) is 95.3 Å². The number of para-hydroxylation sites is 2. The van der Waals surface area contributed by atoms with E-state index >= 15 is 0 Å². The van der Waals surface area contributed by atoms with Gasteiger partial charge in [0.05, 0.1) is 17.1 Å². The molecule has 2 amide bonds. The van der Waals surface area contributed by atoms with Gasteiger partial charge in [-0.3, -0.25) is 14.6 Å². The zero-order chi connectivity index (χ0) is 21.6. The third-order valence-electron chi connectivity index (χ3n) is 5.24. The van der Waals surface area contributed by atoms with Gasteiger partial charge in [0.1, 0.15) is 0 Å². The lowest BCUT2D eigenvalue weighted by atomic mass is 10.0. The smallest absolute Gasteiger partial charge is 0.255 e. The molecule has 2 heterocycles. The van der Waals surface area contributed by atoms with E-state index in [4.69, 9.17) is 5.73 Å². The van der Waals surface area contributed by atoms with Crippen LogP contribution in [-0.2, 0) is 11.3 Å². The van der Waals surface area contributed by atoms with Gasteiger partial charge in [0.25, 0.3) is 5.91 Å². The van der Waals surface area contributed by atoms with Gasteiger partial charge in [-0.25, -0.2) is 0 Å². The number of nitrogens with one attached hydrogen (secondary N) is 1. The summed E-state index contributed by atoms with van der Waals surface area (Å²) in [6, 6.07) is 20.1. The van der Waals surface area contributed by atoms with Gasteiger partial charge in [-0.05, 0) is 60.9 Å². The molecular weight excluding hydrogens is 424 g/mol. The summed E-state index contributed by atoms with van der Waals surface area (Å²) in [5, 5.41) is 2.82. The Hall–Kier alpha value is -3.64. The molecule has 164 valence electrons. The summed E-state index contributed by atoms with van der Waals surface area (Å²) >= 11 is 0. The van der Waals surface area contributed by atoms with Crippen molar-refractivity contribution < 1.29 is 9.59 Å². The van der Waals surface area contributed by atoms with Crippen LogP contribution in [0.4, 0.5) is 11.4 Å². The van der Waals surface area contributed by atoms with E-state index < -0.39 is 0 Å². The fraction of sp³-hybridized carbons (Fsp3) is 0.160. The number of rotatable bonds is 5. The van der Waals surface area contributed by atoms with Gasteiger partial charge in [0.15, 0.2) is 0 Å². The predicted molar refractivity (Wildman–Crippen MR) is 129 cm³/mol.